The molecule has 0 atom stereocenters. The van der Waals surface area contributed by atoms with Gasteiger partial charge in [0.1, 0.15) is 5.75 Å². The van der Waals surface area contributed by atoms with Crippen LogP contribution in [0, 0.1) is 0 Å². The van der Waals surface area contributed by atoms with Crippen molar-refractivity contribution in [1.29, 1.82) is 0 Å². The van der Waals surface area contributed by atoms with E-state index >= 15 is 0 Å². The molecule has 2 aliphatic rings. The lowest BCUT2D eigenvalue weighted by Gasteiger charge is -2.19. The number of aromatic nitrogens is 1. The largest absolute Gasteiger partial charge is 0.482 e. The number of carbonyl (C=O) groups excluding carboxylic acids is 1. The molecule has 1 aromatic heterocycles. The van der Waals surface area contributed by atoms with Gasteiger partial charge in [-0.3, -0.25) is 4.79 Å². The molecular weight excluding hydrogens is 382 g/mol. The van der Waals surface area contributed by atoms with E-state index in [2.05, 4.69) is 15.3 Å². The molecule has 136 valence electrons. The zero-order valence-corrected chi connectivity index (χ0v) is 15.9. The fraction of sp³-hybridized carbons (Fsp3) is 0.200. The summed E-state index contributed by atoms with van der Waals surface area (Å²) in [6, 6.07) is 13.9. The smallest absolute Gasteiger partial charge is 0.262 e. The summed E-state index contributed by atoms with van der Waals surface area (Å²) in [6.07, 6.45) is 2.30. The van der Waals surface area contributed by atoms with Crippen LogP contribution >= 0.6 is 22.9 Å². The van der Waals surface area contributed by atoms with Crippen LogP contribution in [0.15, 0.2) is 52.8 Å². The Hall–Kier alpha value is -2.57. The molecule has 0 radical (unpaired) electrons. The Bertz CT molecular complexity index is 1110. The number of hydrogen-bond acceptors (Lipinski definition) is 4. The van der Waals surface area contributed by atoms with E-state index in [4.69, 9.17) is 21.3 Å². The fourth-order valence-corrected chi connectivity index (χ4v) is 4.37. The minimum atomic E-state index is -0.128. The van der Waals surface area contributed by atoms with Gasteiger partial charge in [-0.2, -0.15) is 0 Å². The zero-order chi connectivity index (χ0) is 18.4. The number of thiazole rings is 1. The second-order valence-corrected chi connectivity index (χ2v) is 7.92. The van der Waals surface area contributed by atoms with Crippen LogP contribution < -0.4 is 14.9 Å². The number of carbonyl (C=O) groups is 1. The molecule has 1 aliphatic heterocycles. The van der Waals surface area contributed by atoms with E-state index in [1.165, 1.54) is 0 Å². The standard InChI is InChI=1S/C20H16ClN3O2S/c21-13-2-1-3-14(9-13)22-20-24(15-5-6-15)17(11-27-20)12-4-7-18-16(8-12)23-19(25)10-26-18/h1-4,7-9,11,15H,5-6,10H2,(H,23,25). The molecular formula is C20H16ClN3O2S. The maximum Gasteiger partial charge on any atom is 0.262 e. The predicted molar refractivity (Wildman–Crippen MR) is 107 cm³/mol. The summed E-state index contributed by atoms with van der Waals surface area (Å²) in [4.78, 5) is 17.4. The van der Waals surface area contributed by atoms with Gasteiger partial charge in [0.2, 0.25) is 0 Å². The van der Waals surface area contributed by atoms with E-state index in [0.717, 1.165) is 34.6 Å². The van der Waals surface area contributed by atoms with Crippen molar-refractivity contribution in [3.05, 3.63) is 57.7 Å². The minimum absolute atomic E-state index is 0.0650. The number of rotatable bonds is 3. The van der Waals surface area contributed by atoms with E-state index in [0.29, 0.717) is 22.5 Å². The molecule has 2 aromatic carbocycles. The summed E-state index contributed by atoms with van der Waals surface area (Å²) in [5.74, 6) is 0.576. The van der Waals surface area contributed by atoms with Crippen molar-refractivity contribution in [3.63, 3.8) is 0 Å². The molecule has 0 unspecified atom stereocenters. The summed E-state index contributed by atoms with van der Waals surface area (Å²) >= 11 is 7.71. The molecule has 1 N–H and O–H groups in total. The lowest BCUT2D eigenvalue weighted by molar-refractivity contribution is -0.118. The molecule has 2 heterocycles. The highest BCUT2D eigenvalue weighted by Crippen LogP contribution is 2.40. The molecule has 1 aliphatic carbocycles. The molecule has 1 fully saturated rings. The van der Waals surface area contributed by atoms with Gasteiger partial charge in [-0.25, -0.2) is 4.99 Å². The monoisotopic (exact) mass is 397 g/mol. The van der Waals surface area contributed by atoms with Crippen molar-refractivity contribution in [2.45, 2.75) is 18.9 Å². The molecule has 5 nitrogen and oxygen atoms in total. The molecule has 7 heteroatoms. The minimum Gasteiger partial charge on any atom is -0.482 e. The number of anilines is 1. The van der Waals surface area contributed by atoms with Gasteiger partial charge in [-0.05, 0) is 49.2 Å². The van der Waals surface area contributed by atoms with Crippen LogP contribution in [0.25, 0.3) is 11.3 Å². The molecule has 27 heavy (non-hydrogen) atoms. The Labute approximate surface area is 164 Å². The van der Waals surface area contributed by atoms with Crippen LogP contribution in [0.4, 0.5) is 11.4 Å². The molecule has 3 aromatic rings. The van der Waals surface area contributed by atoms with Gasteiger partial charge in [-0.15, -0.1) is 11.3 Å². The van der Waals surface area contributed by atoms with Crippen LogP contribution in [-0.2, 0) is 4.79 Å². The van der Waals surface area contributed by atoms with Gasteiger partial charge >= 0.3 is 0 Å². The Morgan fingerprint density at radius 3 is 2.93 bits per heavy atom. The first-order chi connectivity index (χ1) is 13.2. The van der Waals surface area contributed by atoms with Gasteiger partial charge in [0.05, 0.1) is 17.1 Å². The third kappa shape index (κ3) is 3.26. The summed E-state index contributed by atoms with van der Waals surface area (Å²) in [7, 11) is 0. The Morgan fingerprint density at radius 2 is 2.11 bits per heavy atom. The van der Waals surface area contributed by atoms with E-state index < -0.39 is 0 Å². The van der Waals surface area contributed by atoms with Gasteiger partial charge in [0.15, 0.2) is 11.4 Å². The normalized spacial score (nSPS) is 16.6. The maximum atomic E-state index is 11.6. The quantitative estimate of drug-likeness (QED) is 0.692. The van der Waals surface area contributed by atoms with Crippen LogP contribution in [0.1, 0.15) is 18.9 Å². The lowest BCUT2D eigenvalue weighted by atomic mass is 10.1. The first kappa shape index (κ1) is 16.6. The highest BCUT2D eigenvalue weighted by atomic mass is 35.5. The highest BCUT2D eigenvalue weighted by Gasteiger charge is 2.28. The Morgan fingerprint density at radius 1 is 1.22 bits per heavy atom. The lowest BCUT2D eigenvalue weighted by Crippen LogP contribution is -2.25. The van der Waals surface area contributed by atoms with E-state index in [9.17, 15) is 4.79 Å². The average Bonchev–Trinajstić information content (AvgIpc) is 3.41. The number of halogens is 1. The Kier molecular flexibility index (Phi) is 4.02. The summed E-state index contributed by atoms with van der Waals surface area (Å²) in [5.41, 5.74) is 3.70. The molecule has 5 rings (SSSR count). The van der Waals surface area contributed by atoms with Gasteiger partial charge in [0, 0.05) is 22.0 Å². The third-order valence-corrected chi connectivity index (χ3v) is 5.67. The predicted octanol–water partition coefficient (Wildman–Crippen LogP) is 4.77. The van der Waals surface area contributed by atoms with Gasteiger partial charge in [-0.1, -0.05) is 17.7 Å². The third-order valence-electron chi connectivity index (χ3n) is 4.59. The van der Waals surface area contributed by atoms with Crippen molar-refractivity contribution in [3.8, 4) is 17.0 Å². The van der Waals surface area contributed by atoms with Crippen LogP contribution in [0.5, 0.6) is 5.75 Å². The van der Waals surface area contributed by atoms with Crippen LogP contribution in [-0.4, -0.2) is 17.1 Å². The molecule has 1 amide bonds. The second-order valence-electron chi connectivity index (χ2n) is 6.64. The maximum absolute atomic E-state index is 11.6. The van der Waals surface area contributed by atoms with Crippen LogP contribution in [0.3, 0.4) is 0 Å². The number of ether oxygens (including phenoxy) is 1. The number of hydrogen-bond donors (Lipinski definition) is 1. The van der Waals surface area contributed by atoms with Crippen LogP contribution in [0.2, 0.25) is 5.02 Å². The number of fused-ring (bicyclic) bond motifs is 1. The number of amides is 1. The number of benzene rings is 2. The molecule has 0 saturated heterocycles. The zero-order valence-electron chi connectivity index (χ0n) is 14.3. The van der Waals surface area contributed by atoms with E-state index in [-0.39, 0.29) is 12.5 Å². The molecule has 1 saturated carbocycles. The summed E-state index contributed by atoms with van der Waals surface area (Å²) in [6.45, 7) is 0.0650. The number of nitrogens with zero attached hydrogens (tertiary/aromatic N) is 2. The SMILES string of the molecule is O=C1COc2ccc(-c3csc(=Nc4cccc(Cl)c4)n3C3CC3)cc2N1. The van der Waals surface area contributed by atoms with Crippen molar-refractivity contribution < 1.29 is 9.53 Å². The summed E-state index contributed by atoms with van der Waals surface area (Å²) < 4.78 is 7.76. The van der Waals surface area contributed by atoms with E-state index in [1.807, 2.05) is 42.5 Å². The van der Waals surface area contributed by atoms with Gasteiger partial charge < -0.3 is 14.6 Å². The van der Waals surface area contributed by atoms with Gasteiger partial charge in [0.25, 0.3) is 5.91 Å². The Balaban J connectivity index is 1.61. The first-order valence-corrected chi connectivity index (χ1v) is 10.0. The summed E-state index contributed by atoms with van der Waals surface area (Å²) in [5, 5.41) is 5.68. The molecule has 0 spiro atoms. The van der Waals surface area contributed by atoms with Crippen molar-refractivity contribution in [2.24, 2.45) is 4.99 Å². The highest BCUT2D eigenvalue weighted by molar-refractivity contribution is 7.07. The fourth-order valence-electron chi connectivity index (χ4n) is 3.20. The van der Waals surface area contributed by atoms with Crippen molar-refractivity contribution in [1.82, 2.24) is 4.57 Å². The molecule has 0 bridgehead atoms. The van der Waals surface area contributed by atoms with Crippen molar-refractivity contribution >= 4 is 40.2 Å². The van der Waals surface area contributed by atoms with Crippen molar-refractivity contribution in [2.75, 3.05) is 11.9 Å². The average molecular weight is 398 g/mol. The number of nitrogens with one attached hydrogen (secondary N) is 1. The first-order valence-electron chi connectivity index (χ1n) is 8.75. The second kappa shape index (κ2) is 6.55. The topological polar surface area (TPSA) is 55.6 Å². The van der Waals surface area contributed by atoms with E-state index in [1.54, 1.807) is 11.3 Å².